The lowest BCUT2D eigenvalue weighted by Gasteiger charge is -2.19. The van der Waals surface area contributed by atoms with Gasteiger partial charge in [-0.3, -0.25) is 9.13 Å². The van der Waals surface area contributed by atoms with Gasteiger partial charge in [0.05, 0.1) is 17.2 Å². The third kappa shape index (κ3) is 3.36. The van der Waals surface area contributed by atoms with E-state index >= 15 is 0 Å². The highest BCUT2D eigenvalue weighted by Crippen LogP contribution is 2.29. The summed E-state index contributed by atoms with van der Waals surface area (Å²) >= 11 is 0. The minimum Gasteiger partial charge on any atom is -0.320 e. The molecule has 0 spiro atoms. The summed E-state index contributed by atoms with van der Waals surface area (Å²) in [7, 11) is 1.83. The molecule has 6 heteroatoms. The Morgan fingerprint density at radius 2 is 1.59 bits per heavy atom. The summed E-state index contributed by atoms with van der Waals surface area (Å²) in [5.41, 5.74) is 1.03. The van der Waals surface area contributed by atoms with Crippen molar-refractivity contribution >= 4 is 11.0 Å². The fraction of sp³-hybridized carbons (Fsp3) is 0.174. The molecule has 0 bridgehead atoms. The van der Waals surface area contributed by atoms with Crippen molar-refractivity contribution in [2.75, 3.05) is 13.6 Å². The van der Waals surface area contributed by atoms with Gasteiger partial charge in [-0.2, -0.15) is 0 Å². The molecule has 3 aromatic carbocycles. The van der Waals surface area contributed by atoms with Gasteiger partial charge in [0.1, 0.15) is 17.2 Å². The van der Waals surface area contributed by atoms with Gasteiger partial charge < -0.3 is 5.32 Å². The van der Waals surface area contributed by atoms with Gasteiger partial charge in [-0.25, -0.2) is 13.6 Å². The number of hydrogen-bond donors (Lipinski definition) is 1. The molecule has 0 aliphatic heterocycles. The predicted octanol–water partition coefficient (Wildman–Crippen LogP) is 4.27. The van der Waals surface area contributed by atoms with Crippen LogP contribution in [0.4, 0.5) is 8.78 Å². The van der Waals surface area contributed by atoms with Gasteiger partial charge >= 0.3 is 5.69 Å². The molecule has 0 saturated carbocycles. The molecule has 0 unspecified atom stereocenters. The van der Waals surface area contributed by atoms with Crippen LogP contribution in [0.15, 0.2) is 77.6 Å². The average molecular weight is 393 g/mol. The lowest BCUT2D eigenvalue weighted by molar-refractivity contribution is 0.511. The van der Waals surface area contributed by atoms with E-state index in [1.807, 2.05) is 37.4 Å². The number of para-hydroxylation sites is 2. The van der Waals surface area contributed by atoms with Crippen molar-refractivity contribution in [3.05, 3.63) is 100 Å². The summed E-state index contributed by atoms with van der Waals surface area (Å²) in [6.07, 6.45) is 0.575. The van der Waals surface area contributed by atoms with E-state index in [9.17, 15) is 13.6 Å². The Labute approximate surface area is 167 Å². The van der Waals surface area contributed by atoms with Crippen LogP contribution in [-0.2, 0) is 0 Å². The van der Waals surface area contributed by atoms with Gasteiger partial charge in [0, 0.05) is 0 Å². The monoisotopic (exact) mass is 393 g/mol. The van der Waals surface area contributed by atoms with Gasteiger partial charge in [0.15, 0.2) is 0 Å². The van der Waals surface area contributed by atoms with E-state index in [-0.39, 0.29) is 11.2 Å². The summed E-state index contributed by atoms with van der Waals surface area (Å²) in [5.74, 6) is -1.05. The Morgan fingerprint density at radius 1 is 0.897 bits per heavy atom. The number of benzene rings is 3. The van der Waals surface area contributed by atoms with Gasteiger partial charge in [-0.15, -0.1) is 0 Å². The maximum Gasteiger partial charge on any atom is 0.334 e. The standard InChI is InChI=1S/C23H21F2N3O/c1-26-15-14-19(16-8-3-2-4-9-16)28-22-18(25)11-7-13-21(22)27(23(28)29)20-12-6-5-10-17(20)24/h2-13,19,26H,14-15H2,1H3/t19-/m1/s1. The normalized spacial score (nSPS) is 12.4. The van der Waals surface area contributed by atoms with Crippen molar-refractivity contribution in [1.29, 1.82) is 0 Å². The molecule has 4 rings (SSSR count). The van der Waals surface area contributed by atoms with Crippen molar-refractivity contribution in [3.63, 3.8) is 0 Å². The van der Waals surface area contributed by atoms with E-state index in [0.717, 1.165) is 5.56 Å². The Kier molecular flexibility index (Phi) is 5.27. The fourth-order valence-corrected chi connectivity index (χ4v) is 3.79. The van der Waals surface area contributed by atoms with Gasteiger partial charge in [0.25, 0.3) is 0 Å². The first kappa shape index (κ1) is 19.1. The number of hydrogen-bond acceptors (Lipinski definition) is 2. The van der Waals surface area contributed by atoms with Crippen LogP contribution in [0.1, 0.15) is 18.0 Å². The zero-order chi connectivity index (χ0) is 20.4. The topological polar surface area (TPSA) is 39.0 Å². The van der Waals surface area contributed by atoms with Gasteiger partial charge in [-0.05, 0) is 49.8 Å². The van der Waals surface area contributed by atoms with Crippen molar-refractivity contribution in [2.45, 2.75) is 12.5 Å². The predicted molar refractivity (Wildman–Crippen MR) is 111 cm³/mol. The first-order valence-electron chi connectivity index (χ1n) is 9.49. The Balaban J connectivity index is 2.05. The molecular weight excluding hydrogens is 372 g/mol. The van der Waals surface area contributed by atoms with Crippen molar-refractivity contribution in [1.82, 2.24) is 14.5 Å². The lowest BCUT2D eigenvalue weighted by atomic mass is 10.0. The molecule has 4 aromatic rings. The van der Waals surface area contributed by atoms with Gasteiger partial charge in [-0.1, -0.05) is 48.5 Å². The number of imidazole rings is 1. The number of nitrogens with one attached hydrogen (secondary N) is 1. The molecule has 4 nitrogen and oxygen atoms in total. The van der Waals surface area contributed by atoms with Crippen molar-refractivity contribution in [3.8, 4) is 5.69 Å². The highest BCUT2D eigenvalue weighted by atomic mass is 19.1. The molecule has 0 fully saturated rings. The second-order valence-electron chi connectivity index (χ2n) is 6.87. The molecule has 29 heavy (non-hydrogen) atoms. The largest absolute Gasteiger partial charge is 0.334 e. The summed E-state index contributed by atoms with van der Waals surface area (Å²) in [5, 5.41) is 3.09. The lowest BCUT2D eigenvalue weighted by Crippen LogP contribution is -2.29. The second kappa shape index (κ2) is 8.01. The minimum absolute atomic E-state index is 0.104. The van der Waals surface area contributed by atoms with Crippen LogP contribution in [0.2, 0.25) is 0 Å². The number of halogens is 2. The van der Waals surface area contributed by atoms with Crippen molar-refractivity contribution in [2.24, 2.45) is 0 Å². The molecule has 0 radical (unpaired) electrons. The van der Waals surface area contributed by atoms with Crippen molar-refractivity contribution < 1.29 is 8.78 Å². The van der Waals surface area contributed by atoms with Crippen LogP contribution in [0, 0.1) is 11.6 Å². The van der Waals surface area contributed by atoms with Crippen LogP contribution in [0.3, 0.4) is 0 Å². The van der Waals surface area contributed by atoms with E-state index < -0.39 is 23.4 Å². The molecule has 1 atom stereocenters. The van der Waals surface area contributed by atoms with E-state index in [1.54, 1.807) is 18.2 Å². The molecular formula is C23H21F2N3O. The van der Waals surface area contributed by atoms with Crippen LogP contribution < -0.4 is 11.0 Å². The number of rotatable bonds is 6. The molecule has 0 aliphatic carbocycles. The maximum atomic E-state index is 15.0. The molecule has 148 valence electrons. The number of nitrogens with zero attached hydrogens (tertiary/aromatic N) is 2. The van der Waals surface area contributed by atoms with E-state index in [4.69, 9.17) is 0 Å². The third-order valence-electron chi connectivity index (χ3n) is 5.10. The maximum absolute atomic E-state index is 15.0. The Bertz CT molecular complexity index is 1200. The van der Waals surface area contributed by atoms with Gasteiger partial charge in [0.2, 0.25) is 0 Å². The quantitative estimate of drug-likeness (QED) is 0.531. The van der Waals surface area contributed by atoms with Crippen LogP contribution in [-0.4, -0.2) is 22.7 Å². The molecule has 0 amide bonds. The summed E-state index contributed by atoms with van der Waals surface area (Å²) in [6, 6.07) is 19.6. The summed E-state index contributed by atoms with van der Waals surface area (Å²) < 4.78 is 32.2. The first-order valence-corrected chi connectivity index (χ1v) is 9.49. The zero-order valence-corrected chi connectivity index (χ0v) is 16.0. The van der Waals surface area contributed by atoms with E-state index in [0.29, 0.717) is 18.5 Å². The van der Waals surface area contributed by atoms with E-state index in [1.165, 1.54) is 33.4 Å². The highest BCUT2D eigenvalue weighted by Gasteiger charge is 2.25. The number of aromatic nitrogens is 2. The third-order valence-corrected chi connectivity index (χ3v) is 5.10. The fourth-order valence-electron chi connectivity index (χ4n) is 3.79. The Morgan fingerprint density at radius 3 is 2.31 bits per heavy atom. The molecule has 1 aromatic heterocycles. The molecule has 1 N–H and O–H groups in total. The summed E-state index contributed by atoms with van der Waals surface area (Å²) in [6.45, 7) is 0.632. The Hall–Kier alpha value is -3.25. The average Bonchev–Trinajstić information content (AvgIpc) is 3.03. The van der Waals surface area contributed by atoms with E-state index in [2.05, 4.69) is 5.32 Å². The molecule has 0 saturated heterocycles. The second-order valence-corrected chi connectivity index (χ2v) is 6.87. The zero-order valence-electron chi connectivity index (χ0n) is 16.0. The highest BCUT2D eigenvalue weighted by molar-refractivity contribution is 5.79. The smallest absolute Gasteiger partial charge is 0.320 e. The molecule has 0 aliphatic rings. The van der Waals surface area contributed by atoms with Crippen LogP contribution in [0.25, 0.3) is 16.7 Å². The molecule has 1 heterocycles. The minimum atomic E-state index is -0.538. The SMILES string of the molecule is CNCC[C@H](c1ccccc1)n1c(=O)n(-c2ccccc2F)c2cccc(F)c21. The van der Waals surface area contributed by atoms with Crippen LogP contribution in [0.5, 0.6) is 0 Å². The summed E-state index contributed by atoms with van der Waals surface area (Å²) in [4.78, 5) is 13.5. The van der Waals surface area contributed by atoms with Crippen LogP contribution >= 0.6 is 0 Å². The number of fused-ring (bicyclic) bond motifs is 1. The first-order chi connectivity index (χ1) is 14.1.